The number of anilines is 2. The lowest BCUT2D eigenvalue weighted by Gasteiger charge is -2.33. The van der Waals surface area contributed by atoms with Gasteiger partial charge in [0.15, 0.2) is 0 Å². The fourth-order valence-corrected chi connectivity index (χ4v) is 4.63. The van der Waals surface area contributed by atoms with Crippen LogP contribution in [0.2, 0.25) is 0 Å². The minimum atomic E-state index is -0.336. The summed E-state index contributed by atoms with van der Waals surface area (Å²) in [6.45, 7) is 3.38. The van der Waals surface area contributed by atoms with Gasteiger partial charge in [0.25, 0.3) is 0 Å². The minimum absolute atomic E-state index is 0.0522. The topological polar surface area (TPSA) is 64.7 Å². The van der Waals surface area contributed by atoms with Crippen LogP contribution in [0.4, 0.5) is 15.8 Å². The Kier molecular flexibility index (Phi) is 8.30. The van der Waals surface area contributed by atoms with Gasteiger partial charge >= 0.3 is 0 Å². The first kappa shape index (κ1) is 23.9. The predicted octanol–water partition coefficient (Wildman–Crippen LogP) is 4.17. The number of benzene rings is 3. The van der Waals surface area contributed by atoms with Crippen LogP contribution in [0, 0.1) is 5.82 Å². The maximum atomic E-state index is 13.0. The van der Waals surface area contributed by atoms with Crippen LogP contribution in [0.3, 0.4) is 0 Å². The number of carbonyl (C=O) groups excluding carboxylic acids is 2. The van der Waals surface area contributed by atoms with Crippen molar-refractivity contribution < 1.29 is 14.0 Å². The standard InChI is InChI=1S/C26H27FN4O2S/c27-20-10-12-21(13-11-20)28-25(32)18-30-14-16-31(17-15-30)19-26(33)29-23-8-4-5-9-24(23)34-22-6-2-1-3-7-22/h1-13H,14-19H2,(H,28,32)(H,29,33). The molecule has 2 N–H and O–H groups in total. The third-order valence-corrected chi connectivity index (χ3v) is 6.54. The molecule has 0 spiro atoms. The molecule has 0 saturated carbocycles. The molecule has 0 aliphatic carbocycles. The van der Waals surface area contributed by atoms with E-state index in [0.717, 1.165) is 15.5 Å². The number of piperazine rings is 1. The van der Waals surface area contributed by atoms with Gasteiger partial charge in [-0.25, -0.2) is 4.39 Å². The molecule has 6 nitrogen and oxygen atoms in total. The average molecular weight is 479 g/mol. The molecular weight excluding hydrogens is 451 g/mol. The first-order valence-electron chi connectivity index (χ1n) is 11.2. The summed E-state index contributed by atoms with van der Waals surface area (Å²) >= 11 is 1.62. The molecule has 1 aliphatic rings. The van der Waals surface area contributed by atoms with Crippen molar-refractivity contribution in [2.75, 3.05) is 49.9 Å². The quantitative estimate of drug-likeness (QED) is 0.509. The third kappa shape index (κ3) is 7.15. The summed E-state index contributed by atoms with van der Waals surface area (Å²) in [5, 5.41) is 5.83. The Labute approximate surface area is 203 Å². The monoisotopic (exact) mass is 478 g/mol. The lowest BCUT2D eigenvalue weighted by molar-refractivity contribution is -0.120. The molecule has 3 aromatic carbocycles. The highest BCUT2D eigenvalue weighted by Gasteiger charge is 2.21. The van der Waals surface area contributed by atoms with Gasteiger partial charge in [0.2, 0.25) is 11.8 Å². The lowest BCUT2D eigenvalue weighted by atomic mass is 10.2. The normalized spacial score (nSPS) is 14.5. The van der Waals surface area contributed by atoms with Crippen LogP contribution >= 0.6 is 11.8 Å². The molecule has 4 rings (SSSR count). The molecule has 0 radical (unpaired) electrons. The fraction of sp³-hybridized carbons (Fsp3) is 0.231. The van der Waals surface area contributed by atoms with Crippen molar-refractivity contribution >= 4 is 35.0 Å². The molecule has 3 aromatic rings. The Morgan fingerprint density at radius 2 is 1.29 bits per heavy atom. The van der Waals surface area contributed by atoms with Crippen LogP contribution in [0.1, 0.15) is 0 Å². The molecular formula is C26H27FN4O2S. The van der Waals surface area contributed by atoms with Gasteiger partial charge in [-0.1, -0.05) is 42.1 Å². The van der Waals surface area contributed by atoms with E-state index in [1.165, 1.54) is 12.1 Å². The van der Waals surface area contributed by atoms with Gasteiger partial charge in [0.1, 0.15) is 5.82 Å². The van der Waals surface area contributed by atoms with E-state index in [2.05, 4.69) is 20.4 Å². The highest BCUT2D eigenvalue weighted by molar-refractivity contribution is 7.99. The molecule has 1 aliphatic heterocycles. The number of nitrogens with one attached hydrogen (secondary N) is 2. The molecule has 8 heteroatoms. The van der Waals surface area contributed by atoms with E-state index in [0.29, 0.717) is 38.4 Å². The van der Waals surface area contributed by atoms with Crippen molar-refractivity contribution in [2.24, 2.45) is 0 Å². The van der Waals surface area contributed by atoms with Crippen LogP contribution in [-0.2, 0) is 9.59 Å². The van der Waals surface area contributed by atoms with Gasteiger partial charge in [-0.2, -0.15) is 0 Å². The van der Waals surface area contributed by atoms with Crippen molar-refractivity contribution in [3.8, 4) is 0 Å². The van der Waals surface area contributed by atoms with Gasteiger partial charge in [-0.05, 0) is 48.5 Å². The van der Waals surface area contributed by atoms with E-state index in [4.69, 9.17) is 0 Å². The van der Waals surface area contributed by atoms with Gasteiger partial charge in [-0.3, -0.25) is 19.4 Å². The second kappa shape index (κ2) is 11.8. The lowest BCUT2D eigenvalue weighted by Crippen LogP contribution is -2.50. The number of para-hydroxylation sites is 1. The number of hydrogen-bond acceptors (Lipinski definition) is 5. The minimum Gasteiger partial charge on any atom is -0.325 e. The fourth-order valence-electron chi connectivity index (χ4n) is 3.71. The van der Waals surface area contributed by atoms with Crippen molar-refractivity contribution in [3.05, 3.63) is 84.7 Å². The van der Waals surface area contributed by atoms with Crippen LogP contribution in [0.25, 0.3) is 0 Å². The summed E-state index contributed by atoms with van der Waals surface area (Å²) in [6, 6.07) is 23.6. The molecule has 0 unspecified atom stereocenters. The molecule has 1 saturated heterocycles. The Morgan fingerprint density at radius 1 is 0.735 bits per heavy atom. The molecule has 34 heavy (non-hydrogen) atoms. The van der Waals surface area contributed by atoms with Crippen LogP contribution < -0.4 is 10.6 Å². The highest BCUT2D eigenvalue weighted by atomic mass is 32.2. The van der Waals surface area contributed by atoms with Crippen LogP contribution in [0.15, 0.2) is 88.7 Å². The second-order valence-electron chi connectivity index (χ2n) is 8.07. The van der Waals surface area contributed by atoms with Gasteiger partial charge < -0.3 is 10.6 Å². The number of nitrogens with zero attached hydrogens (tertiary/aromatic N) is 2. The van der Waals surface area contributed by atoms with Crippen molar-refractivity contribution in [3.63, 3.8) is 0 Å². The summed E-state index contributed by atoms with van der Waals surface area (Å²) < 4.78 is 13.0. The number of hydrogen-bond donors (Lipinski definition) is 2. The Hall–Kier alpha value is -3.20. The maximum Gasteiger partial charge on any atom is 0.238 e. The number of rotatable bonds is 8. The zero-order chi connectivity index (χ0) is 23.8. The zero-order valence-electron chi connectivity index (χ0n) is 18.7. The van der Waals surface area contributed by atoms with E-state index in [1.54, 1.807) is 23.9 Å². The zero-order valence-corrected chi connectivity index (χ0v) is 19.6. The number of carbonyl (C=O) groups is 2. The van der Waals surface area contributed by atoms with Crippen LogP contribution in [0.5, 0.6) is 0 Å². The van der Waals surface area contributed by atoms with Crippen LogP contribution in [-0.4, -0.2) is 60.9 Å². The first-order valence-corrected chi connectivity index (χ1v) is 12.0. The van der Waals surface area contributed by atoms with Crippen molar-refractivity contribution in [1.29, 1.82) is 0 Å². The predicted molar refractivity (Wildman–Crippen MR) is 134 cm³/mol. The largest absolute Gasteiger partial charge is 0.325 e. The van der Waals surface area contributed by atoms with Crippen molar-refractivity contribution in [1.82, 2.24) is 9.80 Å². The summed E-state index contributed by atoms with van der Waals surface area (Å²) in [5.74, 6) is -0.523. The van der Waals surface area contributed by atoms with E-state index in [-0.39, 0.29) is 24.2 Å². The van der Waals surface area contributed by atoms with E-state index in [9.17, 15) is 14.0 Å². The van der Waals surface area contributed by atoms with E-state index < -0.39 is 0 Å². The van der Waals surface area contributed by atoms with E-state index in [1.807, 2.05) is 54.6 Å². The highest BCUT2D eigenvalue weighted by Crippen LogP contribution is 2.33. The van der Waals surface area contributed by atoms with Crippen molar-refractivity contribution in [2.45, 2.75) is 9.79 Å². The molecule has 2 amide bonds. The smallest absolute Gasteiger partial charge is 0.238 e. The Balaban J connectivity index is 1.22. The van der Waals surface area contributed by atoms with Gasteiger partial charge in [-0.15, -0.1) is 0 Å². The summed E-state index contributed by atoms with van der Waals surface area (Å²) in [7, 11) is 0. The van der Waals surface area contributed by atoms with Gasteiger partial charge in [0, 0.05) is 41.7 Å². The molecule has 0 bridgehead atoms. The SMILES string of the molecule is O=C(CN1CCN(CC(=O)Nc2ccccc2Sc2ccccc2)CC1)Nc1ccc(F)cc1. The maximum absolute atomic E-state index is 13.0. The summed E-state index contributed by atoms with van der Waals surface area (Å²) in [4.78, 5) is 31.2. The first-order chi connectivity index (χ1) is 16.5. The summed E-state index contributed by atoms with van der Waals surface area (Å²) in [6.07, 6.45) is 0. The molecule has 1 fully saturated rings. The van der Waals surface area contributed by atoms with Gasteiger partial charge in [0.05, 0.1) is 18.8 Å². The second-order valence-corrected chi connectivity index (χ2v) is 9.18. The molecule has 1 heterocycles. The Bertz CT molecular complexity index is 1100. The average Bonchev–Trinajstić information content (AvgIpc) is 2.84. The Morgan fingerprint density at radius 3 is 1.94 bits per heavy atom. The number of halogens is 1. The molecule has 0 aromatic heterocycles. The molecule has 0 atom stereocenters. The third-order valence-electron chi connectivity index (χ3n) is 5.46. The van der Waals surface area contributed by atoms with E-state index >= 15 is 0 Å². The molecule has 176 valence electrons. The summed E-state index contributed by atoms with van der Waals surface area (Å²) in [5.41, 5.74) is 1.38. The number of amides is 2.